The van der Waals surface area contributed by atoms with Crippen molar-refractivity contribution in [2.24, 2.45) is 0 Å². The van der Waals surface area contributed by atoms with E-state index in [1.54, 1.807) is 13.8 Å². The first kappa shape index (κ1) is 23.0. The lowest BCUT2D eigenvalue weighted by Gasteiger charge is -2.12. The van der Waals surface area contributed by atoms with Gasteiger partial charge in [0.2, 0.25) is 10.0 Å². The second-order valence-electron chi connectivity index (χ2n) is 6.28. The summed E-state index contributed by atoms with van der Waals surface area (Å²) in [5.41, 5.74) is -0.667. The number of ether oxygens (including phenoxy) is 1. The Kier molecular flexibility index (Phi) is 7.15. The molecule has 0 unspecified atom stereocenters. The number of halogens is 4. The van der Waals surface area contributed by atoms with Crippen LogP contribution in [0.15, 0.2) is 47.4 Å². The monoisotopic (exact) mass is 450 g/mol. The maximum atomic E-state index is 12.5. The number of amides is 1. The van der Waals surface area contributed by atoms with Crippen molar-refractivity contribution in [3.05, 3.63) is 53.1 Å². The molecule has 2 aromatic carbocycles. The van der Waals surface area contributed by atoms with Gasteiger partial charge in [-0.1, -0.05) is 11.6 Å². The van der Waals surface area contributed by atoms with Crippen molar-refractivity contribution in [3.8, 4) is 5.75 Å². The van der Waals surface area contributed by atoms with Gasteiger partial charge >= 0.3 is 6.18 Å². The van der Waals surface area contributed by atoms with Gasteiger partial charge in [0, 0.05) is 11.7 Å². The van der Waals surface area contributed by atoms with Crippen molar-refractivity contribution < 1.29 is 31.1 Å². The molecule has 0 atom stereocenters. The second-order valence-corrected chi connectivity index (χ2v) is 8.40. The van der Waals surface area contributed by atoms with Crippen LogP contribution in [0, 0.1) is 0 Å². The van der Waals surface area contributed by atoms with Gasteiger partial charge in [-0.25, -0.2) is 13.1 Å². The van der Waals surface area contributed by atoms with E-state index in [9.17, 15) is 26.4 Å². The first-order valence-corrected chi connectivity index (χ1v) is 10.2. The highest BCUT2D eigenvalue weighted by molar-refractivity contribution is 7.89. The van der Waals surface area contributed by atoms with Crippen LogP contribution in [0.4, 0.5) is 18.9 Å². The van der Waals surface area contributed by atoms with Crippen LogP contribution in [0.25, 0.3) is 0 Å². The minimum Gasteiger partial charge on any atom is -0.482 e. The molecule has 0 radical (unpaired) electrons. The maximum absolute atomic E-state index is 12.5. The van der Waals surface area contributed by atoms with Gasteiger partial charge < -0.3 is 10.1 Å². The molecule has 1 amide bonds. The van der Waals surface area contributed by atoms with Crippen LogP contribution in [0.5, 0.6) is 5.75 Å². The molecule has 29 heavy (non-hydrogen) atoms. The Morgan fingerprint density at radius 3 is 2.28 bits per heavy atom. The minimum absolute atomic E-state index is 0.0149. The van der Waals surface area contributed by atoms with Crippen molar-refractivity contribution in [1.29, 1.82) is 0 Å². The Labute approximate surface area is 171 Å². The third-order valence-corrected chi connectivity index (χ3v) is 5.41. The molecule has 2 aromatic rings. The zero-order valence-corrected chi connectivity index (χ0v) is 17.0. The van der Waals surface area contributed by atoms with Gasteiger partial charge in [0.25, 0.3) is 5.91 Å². The molecule has 0 aliphatic heterocycles. The number of sulfonamides is 1. The average molecular weight is 451 g/mol. The lowest BCUT2D eigenvalue weighted by Crippen LogP contribution is -2.30. The number of carbonyl (C=O) groups is 1. The SMILES string of the molecule is CC(C)NS(=O)(=O)c1ccc(OCC(=O)Nc2ccc(C(F)(F)F)cc2)c(Cl)c1. The zero-order valence-electron chi connectivity index (χ0n) is 15.4. The highest BCUT2D eigenvalue weighted by Gasteiger charge is 2.30. The highest BCUT2D eigenvalue weighted by atomic mass is 35.5. The van der Waals surface area contributed by atoms with E-state index in [-0.39, 0.29) is 27.4 Å². The van der Waals surface area contributed by atoms with Gasteiger partial charge in [0.05, 0.1) is 15.5 Å². The van der Waals surface area contributed by atoms with Crippen LogP contribution in [0.2, 0.25) is 5.02 Å². The van der Waals surface area contributed by atoms with Crippen LogP contribution < -0.4 is 14.8 Å². The van der Waals surface area contributed by atoms with Crippen molar-refractivity contribution in [2.45, 2.75) is 31.0 Å². The van der Waals surface area contributed by atoms with Crippen LogP contribution in [-0.4, -0.2) is 27.0 Å². The lowest BCUT2D eigenvalue weighted by molar-refractivity contribution is -0.137. The molecule has 0 aromatic heterocycles. The summed E-state index contributed by atoms with van der Waals surface area (Å²) >= 11 is 6.02. The van der Waals surface area contributed by atoms with E-state index in [4.69, 9.17) is 16.3 Å². The highest BCUT2D eigenvalue weighted by Crippen LogP contribution is 2.30. The number of carbonyl (C=O) groups excluding carboxylic acids is 1. The molecule has 0 fully saturated rings. The van der Waals surface area contributed by atoms with Crippen LogP contribution in [-0.2, 0) is 21.0 Å². The predicted octanol–water partition coefficient (Wildman–Crippen LogP) is 4.06. The Hall–Kier alpha value is -2.30. The molecular formula is C18H18ClF3N2O4S. The fourth-order valence-electron chi connectivity index (χ4n) is 2.23. The van der Waals surface area contributed by atoms with Gasteiger partial charge in [-0.3, -0.25) is 4.79 Å². The Morgan fingerprint density at radius 2 is 1.76 bits per heavy atom. The summed E-state index contributed by atoms with van der Waals surface area (Å²) in [4.78, 5) is 11.9. The summed E-state index contributed by atoms with van der Waals surface area (Å²) in [6.07, 6.45) is -4.47. The summed E-state index contributed by atoms with van der Waals surface area (Å²) in [6.45, 7) is 2.87. The summed E-state index contributed by atoms with van der Waals surface area (Å²) in [7, 11) is -3.73. The number of hydrogen-bond acceptors (Lipinski definition) is 4. The largest absolute Gasteiger partial charge is 0.482 e. The minimum atomic E-state index is -4.47. The molecule has 0 aliphatic rings. The number of hydrogen-bond donors (Lipinski definition) is 2. The molecular weight excluding hydrogens is 433 g/mol. The van der Waals surface area contributed by atoms with E-state index < -0.39 is 34.3 Å². The molecule has 11 heteroatoms. The fourth-order valence-corrected chi connectivity index (χ4v) is 3.80. The molecule has 0 spiro atoms. The third-order valence-electron chi connectivity index (χ3n) is 3.46. The molecule has 0 bridgehead atoms. The summed E-state index contributed by atoms with van der Waals surface area (Å²) in [5.74, 6) is -0.545. The quantitative estimate of drug-likeness (QED) is 0.666. The van der Waals surface area contributed by atoms with E-state index >= 15 is 0 Å². The molecule has 2 N–H and O–H groups in total. The number of anilines is 1. The number of nitrogens with one attached hydrogen (secondary N) is 2. The smallest absolute Gasteiger partial charge is 0.416 e. The molecule has 0 saturated heterocycles. The van der Waals surface area contributed by atoms with Crippen LogP contribution in [0.3, 0.4) is 0 Å². The first-order chi connectivity index (χ1) is 13.4. The Bertz CT molecular complexity index is 978. The fraction of sp³-hybridized carbons (Fsp3) is 0.278. The van der Waals surface area contributed by atoms with E-state index in [1.807, 2.05) is 0 Å². The van der Waals surface area contributed by atoms with Crippen molar-refractivity contribution in [3.63, 3.8) is 0 Å². The van der Waals surface area contributed by atoms with Gasteiger partial charge in [-0.05, 0) is 56.3 Å². The van der Waals surface area contributed by atoms with Gasteiger partial charge in [-0.15, -0.1) is 0 Å². The molecule has 158 valence electrons. The normalized spacial score (nSPS) is 12.1. The standard InChI is InChI=1S/C18H18ClF3N2O4S/c1-11(2)24-29(26,27)14-7-8-16(15(19)9-14)28-10-17(25)23-13-5-3-12(4-6-13)18(20,21)22/h3-9,11,24H,10H2,1-2H3,(H,23,25). The predicted molar refractivity (Wildman–Crippen MR) is 102 cm³/mol. The number of rotatable bonds is 7. The van der Waals surface area contributed by atoms with Crippen LogP contribution in [0.1, 0.15) is 19.4 Å². The van der Waals surface area contributed by atoms with Crippen molar-refractivity contribution in [1.82, 2.24) is 4.72 Å². The lowest BCUT2D eigenvalue weighted by atomic mass is 10.2. The summed E-state index contributed by atoms with van der Waals surface area (Å²) < 4.78 is 69.5. The van der Waals surface area contributed by atoms with E-state index in [0.717, 1.165) is 24.3 Å². The maximum Gasteiger partial charge on any atom is 0.416 e. The van der Waals surface area contributed by atoms with Crippen molar-refractivity contribution >= 4 is 33.2 Å². The zero-order chi connectivity index (χ0) is 21.8. The summed E-state index contributed by atoms with van der Waals surface area (Å²) in [5, 5.41) is 2.37. The van der Waals surface area contributed by atoms with E-state index in [2.05, 4.69) is 10.0 Å². The molecule has 0 heterocycles. The topological polar surface area (TPSA) is 84.5 Å². The molecule has 2 rings (SSSR count). The molecule has 0 saturated carbocycles. The number of benzene rings is 2. The Balaban J connectivity index is 1.98. The molecule has 0 aliphatic carbocycles. The first-order valence-electron chi connectivity index (χ1n) is 8.30. The van der Waals surface area contributed by atoms with Gasteiger partial charge in [0.15, 0.2) is 6.61 Å². The third kappa shape index (κ3) is 6.62. The average Bonchev–Trinajstić information content (AvgIpc) is 2.59. The van der Waals surface area contributed by atoms with Gasteiger partial charge in [0.1, 0.15) is 5.75 Å². The number of alkyl halides is 3. The van der Waals surface area contributed by atoms with E-state index in [1.165, 1.54) is 18.2 Å². The van der Waals surface area contributed by atoms with Crippen molar-refractivity contribution in [2.75, 3.05) is 11.9 Å². The summed E-state index contributed by atoms with van der Waals surface area (Å²) in [6, 6.07) is 7.40. The second kappa shape index (κ2) is 9.02. The van der Waals surface area contributed by atoms with E-state index in [0.29, 0.717) is 0 Å². The molecule has 6 nitrogen and oxygen atoms in total. The Morgan fingerprint density at radius 1 is 1.14 bits per heavy atom. The van der Waals surface area contributed by atoms with Gasteiger partial charge in [-0.2, -0.15) is 13.2 Å². The van der Waals surface area contributed by atoms with Crippen LogP contribution >= 0.6 is 11.6 Å².